The van der Waals surface area contributed by atoms with Crippen molar-refractivity contribution in [3.05, 3.63) is 72.2 Å². The van der Waals surface area contributed by atoms with Crippen LogP contribution in [0.15, 0.2) is 75.3 Å². The molecule has 12 heteroatoms. The van der Waals surface area contributed by atoms with Crippen molar-refractivity contribution in [1.29, 1.82) is 0 Å². The molecule has 0 saturated carbocycles. The maximum atomic E-state index is 13.6. The fourth-order valence-electron chi connectivity index (χ4n) is 4.67. The minimum atomic E-state index is -0.737. The minimum absolute atomic E-state index is 0.124. The van der Waals surface area contributed by atoms with Gasteiger partial charge in [-0.25, -0.2) is 9.89 Å². The molecule has 210 valence electrons. The molecular formula is C29H27N5O6S. The van der Waals surface area contributed by atoms with E-state index in [2.05, 4.69) is 10.6 Å². The first-order valence-corrected chi connectivity index (χ1v) is 14.1. The van der Waals surface area contributed by atoms with Gasteiger partial charge in [-0.05, 0) is 49.2 Å². The number of hydrogen-bond acceptors (Lipinski definition) is 9. The van der Waals surface area contributed by atoms with Crippen LogP contribution >= 0.6 is 11.8 Å². The number of nitrogens with one attached hydrogen (secondary N) is 2. The van der Waals surface area contributed by atoms with Gasteiger partial charge in [0, 0.05) is 23.7 Å². The van der Waals surface area contributed by atoms with Crippen LogP contribution in [-0.2, 0) is 20.9 Å². The molecule has 0 unspecified atom stereocenters. The Kier molecular flexibility index (Phi) is 7.47. The fourth-order valence-corrected chi connectivity index (χ4v) is 5.69. The van der Waals surface area contributed by atoms with E-state index in [1.165, 1.54) is 16.7 Å². The molecule has 4 heterocycles. The smallest absolute Gasteiger partial charge is 0.259 e. The lowest BCUT2D eigenvalue weighted by molar-refractivity contribution is -0.125. The number of ether oxygens (including phenoxy) is 2. The quantitative estimate of drug-likeness (QED) is 0.392. The zero-order valence-corrected chi connectivity index (χ0v) is 23.0. The van der Waals surface area contributed by atoms with E-state index in [4.69, 9.17) is 23.9 Å². The summed E-state index contributed by atoms with van der Waals surface area (Å²) in [6, 6.07) is 15.4. The number of carbonyl (C=O) groups excluding carboxylic acids is 3. The zero-order valence-electron chi connectivity index (χ0n) is 22.2. The summed E-state index contributed by atoms with van der Waals surface area (Å²) in [5.41, 5.74) is 1.98. The second-order valence-electron chi connectivity index (χ2n) is 9.52. The summed E-state index contributed by atoms with van der Waals surface area (Å²) in [4.78, 5) is 50.3. The molecule has 2 atom stereocenters. The molecule has 0 saturated heterocycles. The number of rotatable bonds is 9. The number of nitrogens with zero attached hydrogens (tertiary/aromatic N) is 3. The highest BCUT2D eigenvalue weighted by Crippen LogP contribution is 2.37. The zero-order chi connectivity index (χ0) is 28.3. The molecule has 0 spiro atoms. The third kappa shape index (κ3) is 5.55. The number of furan rings is 1. The van der Waals surface area contributed by atoms with E-state index in [0.717, 1.165) is 5.56 Å². The first-order chi connectivity index (χ1) is 20.0. The molecule has 3 aliphatic rings. The molecule has 3 aliphatic heterocycles. The number of anilines is 1. The highest BCUT2D eigenvalue weighted by atomic mass is 32.2. The van der Waals surface area contributed by atoms with Gasteiger partial charge in [0.2, 0.25) is 18.6 Å². The van der Waals surface area contributed by atoms with Gasteiger partial charge in [0.05, 0.1) is 23.7 Å². The third-order valence-electron chi connectivity index (χ3n) is 6.78. The molecule has 3 aromatic rings. The van der Waals surface area contributed by atoms with Crippen molar-refractivity contribution < 1.29 is 28.3 Å². The van der Waals surface area contributed by atoms with Gasteiger partial charge in [0.15, 0.2) is 16.7 Å². The maximum Gasteiger partial charge on any atom is 0.259 e. The predicted molar refractivity (Wildman–Crippen MR) is 153 cm³/mol. The summed E-state index contributed by atoms with van der Waals surface area (Å²) in [6.45, 7) is 2.32. The minimum Gasteiger partial charge on any atom is -0.467 e. The number of thioether (sulfide) groups is 1. The van der Waals surface area contributed by atoms with Gasteiger partial charge in [-0.2, -0.15) is 0 Å². The van der Waals surface area contributed by atoms with Gasteiger partial charge in [0.1, 0.15) is 17.6 Å². The molecule has 0 aliphatic carbocycles. The first-order valence-electron chi connectivity index (χ1n) is 13.3. The third-order valence-corrected chi connectivity index (χ3v) is 8.10. The van der Waals surface area contributed by atoms with E-state index in [0.29, 0.717) is 46.1 Å². The predicted octanol–water partition coefficient (Wildman–Crippen LogP) is 4.21. The Bertz CT molecular complexity index is 1550. The largest absolute Gasteiger partial charge is 0.467 e. The summed E-state index contributed by atoms with van der Waals surface area (Å²) in [6.07, 6.45) is 2.41. The van der Waals surface area contributed by atoms with Gasteiger partial charge >= 0.3 is 0 Å². The fraction of sp³-hybridized carbons (Fsp3) is 0.276. The molecule has 41 heavy (non-hydrogen) atoms. The topological polar surface area (TPSA) is 135 Å². The Morgan fingerprint density at radius 3 is 2.80 bits per heavy atom. The van der Waals surface area contributed by atoms with Crippen molar-refractivity contribution in [1.82, 2.24) is 10.2 Å². The van der Waals surface area contributed by atoms with Crippen LogP contribution < -0.4 is 20.1 Å². The van der Waals surface area contributed by atoms with Gasteiger partial charge in [0.25, 0.3) is 5.91 Å². The first kappa shape index (κ1) is 26.6. The van der Waals surface area contributed by atoms with E-state index in [-0.39, 0.29) is 43.9 Å². The molecule has 11 nitrogen and oxygen atoms in total. The van der Waals surface area contributed by atoms with Crippen molar-refractivity contribution in [3.63, 3.8) is 0 Å². The maximum absolute atomic E-state index is 13.6. The summed E-state index contributed by atoms with van der Waals surface area (Å²) >= 11 is 1.21. The van der Waals surface area contributed by atoms with Crippen molar-refractivity contribution in [2.75, 3.05) is 12.1 Å². The molecule has 2 aromatic carbocycles. The summed E-state index contributed by atoms with van der Waals surface area (Å²) in [5.74, 6) is 1.63. The van der Waals surface area contributed by atoms with Gasteiger partial charge in [-0.15, -0.1) is 0 Å². The Labute approximate surface area is 240 Å². The van der Waals surface area contributed by atoms with E-state index >= 15 is 0 Å². The van der Waals surface area contributed by atoms with Gasteiger partial charge < -0.3 is 24.5 Å². The standard InChI is InChI=1S/C29H27N5O6S/c1-2-24(27(36)31-17-9-11-22-23(14-17)40-16-39-22)41-29-33-20-8-4-3-7-19(20)26-32-21(28(37)34(26)29)10-12-25(35)30-15-18-6-5-13-38-18/h3-9,11,13-14,21,24H,2,10,12,15-16H2,1H3,(H,30,35)(H,31,36)/t21-,24-/m0/s1. The van der Waals surface area contributed by atoms with E-state index in [1.807, 2.05) is 31.2 Å². The van der Waals surface area contributed by atoms with E-state index < -0.39 is 11.3 Å². The Morgan fingerprint density at radius 1 is 1.12 bits per heavy atom. The number of aliphatic imine (C=N–C) groups is 2. The van der Waals surface area contributed by atoms with Crippen LogP contribution in [-0.4, -0.2) is 51.7 Å². The van der Waals surface area contributed by atoms with Crippen LogP contribution in [0.5, 0.6) is 11.5 Å². The highest BCUT2D eigenvalue weighted by molar-refractivity contribution is 8.15. The van der Waals surface area contributed by atoms with Crippen molar-refractivity contribution in [2.45, 2.75) is 44.0 Å². The average molecular weight is 574 g/mol. The Morgan fingerprint density at radius 2 is 1.98 bits per heavy atom. The molecule has 0 radical (unpaired) electrons. The van der Waals surface area contributed by atoms with Crippen molar-refractivity contribution >= 4 is 51.9 Å². The molecule has 2 N–H and O–H groups in total. The number of fused-ring (bicyclic) bond motifs is 4. The summed E-state index contributed by atoms with van der Waals surface area (Å²) < 4.78 is 16.0. The summed E-state index contributed by atoms with van der Waals surface area (Å²) in [5, 5.41) is 5.57. The van der Waals surface area contributed by atoms with Crippen molar-refractivity contribution in [2.24, 2.45) is 9.98 Å². The SMILES string of the molecule is CC[C@H](SC1=Nc2ccccc2C2=N[C@@H](CCC(=O)NCc3ccco3)C(=O)N12)C(=O)Nc1ccc2c(c1)OCO2. The molecule has 0 bridgehead atoms. The lowest BCUT2D eigenvalue weighted by Crippen LogP contribution is -2.42. The number of para-hydroxylation sites is 1. The average Bonchev–Trinajstić information content (AvgIpc) is 3.74. The second-order valence-corrected chi connectivity index (χ2v) is 10.7. The molecule has 1 aromatic heterocycles. The van der Waals surface area contributed by atoms with Crippen LogP contribution in [0.25, 0.3) is 0 Å². The number of carbonyl (C=O) groups is 3. The van der Waals surface area contributed by atoms with Gasteiger partial charge in [-0.3, -0.25) is 19.4 Å². The Balaban J connectivity index is 1.16. The van der Waals surface area contributed by atoms with Crippen LogP contribution in [0.2, 0.25) is 0 Å². The van der Waals surface area contributed by atoms with Crippen molar-refractivity contribution in [3.8, 4) is 11.5 Å². The van der Waals surface area contributed by atoms with E-state index in [1.54, 1.807) is 36.6 Å². The number of amides is 3. The second kappa shape index (κ2) is 11.5. The number of amidine groups is 2. The number of hydrogen-bond donors (Lipinski definition) is 2. The normalized spacial score (nSPS) is 17.3. The highest BCUT2D eigenvalue weighted by Gasteiger charge is 2.42. The Hall–Kier alpha value is -4.58. The van der Waals surface area contributed by atoms with Crippen LogP contribution in [0.3, 0.4) is 0 Å². The molecule has 6 rings (SSSR count). The lowest BCUT2D eigenvalue weighted by atomic mass is 10.1. The molecular weight excluding hydrogens is 546 g/mol. The molecule has 3 amide bonds. The molecule has 0 fully saturated rings. The number of benzene rings is 2. The van der Waals surface area contributed by atoms with Crippen LogP contribution in [0, 0.1) is 0 Å². The monoisotopic (exact) mass is 573 g/mol. The lowest BCUT2D eigenvalue weighted by Gasteiger charge is -2.27. The van der Waals surface area contributed by atoms with Gasteiger partial charge in [-0.1, -0.05) is 30.8 Å². The van der Waals surface area contributed by atoms with Crippen LogP contribution in [0.1, 0.15) is 37.5 Å². The summed E-state index contributed by atoms with van der Waals surface area (Å²) in [7, 11) is 0. The van der Waals surface area contributed by atoms with Crippen LogP contribution in [0.4, 0.5) is 11.4 Å². The van der Waals surface area contributed by atoms with E-state index in [9.17, 15) is 14.4 Å².